The van der Waals surface area contributed by atoms with Crippen LogP contribution >= 0.6 is 0 Å². The molecule has 18 heavy (non-hydrogen) atoms. The number of nitrogen functional groups attached to an aromatic ring is 1. The van der Waals surface area contributed by atoms with Gasteiger partial charge in [0.15, 0.2) is 23.3 Å². The highest BCUT2D eigenvalue weighted by Gasteiger charge is 2.18. The van der Waals surface area contributed by atoms with Gasteiger partial charge >= 0.3 is 0 Å². The number of halogens is 2. The van der Waals surface area contributed by atoms with Crippen molar-refractivity contribution in [3.05, 3.63) is 17.7 Å². The van der Waals surface area contributed by atoms with Gasteiger partial charge in [0.05, 0.1) is 0 Å². The summed E-state index contributed by atoms with van der Waals surface area (Å²) in [6.07, 6.45) is 4.72. The first-order chi connectivity index (χ1) is 8.56. The van der Waals surface area contributed by atoms with E-state index in [0.29, 0.717) is 12.5 Å². The van der Waals surface area contributed by atoms with E-state index in [1.165, 1.54) is 12.8 Å². The highest BCUT2D eigenvalue weighted by Crippen LogP contribution is 2.28. The van der Waals surface area contributed by atoms with Gasteiger partial charge in [0.25, 0.3) is 0 Å². The maximum absolute atomic E-state index is 13.4. The number of hydrogen-bond donors (Lipinski definition) is 2. The van der Waals surface area contributed by atoms with E-state index in [1.54, 1.807) is 0 Å². The second-order valence-corrected chi connectivity index (χ2v) is 5.19. The number of hydrogen-bond acceptors (Lipinski definition) is 3. The number of pyridine rings is 1. The molecular formula is C13H19F2N3. The van der Waals surface area contributed by atoms with Crippen LogP contribution in [0.2, 0.25) is 0 Å². The van der Waals surface area contributed by atoms with Gasteiger partial charge in [0.1, 0.15) is 0 Å². The lowest BCUT2D eigenvalue weighted by molar-refractivity contribution is 0.300. The molecule has 0 aromatic carbocycles. The van der Waals surface area contributed by atoms with Gasteiger partial charge in [-0.2, -0.15) is 0 Å². The zero-order valence-corrected chi connectivity index (χ0v) is 10.5. The average molecular weight is 255 g/mol. The Balaban J connectivity index is 1.92. The molecule has 3 nitrogen and oxygen atoms in total. The lowest BCUT2D eigenvalue weighted by Crippen LogP contribution is -2.21. The molecule has 0 unspecified atom stereocenters. The van der Waals surface area contributed by atoms with E-state index in [2.05, 4.69) is 17.2 Å². The molecule has 1 aliphatic rings. The molecule has 1 heterocycles. The third-order valence-corrected chi connectivity index (χ3v) is 3.65. The number of anilines is 2. The Bertz CT molecular complexity index is 415. The van der Waals surface area contributed by atoms with Crippen LogP contribution in [0.4, 0.5) is 20.4 Å². The van der Waals surface area contributed by atoms with Gasteiger partial charge in [-0.15, -0.1) is 0 Å². The Morgan fingerprint density at radius 3 is 2.61 bits per heavy atom. The summed E-state index contributed by atoms with van der Waals surface area (Å²) in [5.41, 5.74) is 5.32. The first-order valence-corrected chi connectivity index (χ1v) is 6.41. The first-order valence-electron chi connectivity index (χ1n) is 6.41. The van der Waals surface area contributed by atoms with Crippen LogP contribution < -0.4 is 11.1 Å². The first kappa shape index (κ1) is 13.1. The van der Waals surface area contributed by atoms with Crippen LogP contribution in [0.15, 0.2) is 6.07 Å². The monoisotopic (exact) mass is 255 g/mol. The molecular weight excluding hydrogens is 236 g/mol. The Hall–Kier alpha value is -1.39. The highest BCUT2D eigenvalue weighted by molar-refractivity contribution is 5.44. The van der Waals surface area contributed by atoms with Crippen molar-refractivity contribution in [1.82, 2.24) is 4.98 Å². The van der Waals surface area contributed by atoms with Crippen LogP contribution in [0.3, 0.4) is 0 Å². The number of rotatable bonds is 3. The summed E-state index contributed by atoms with van der Waals surface area (Å²) in [5, 5.41) is 2.93. The van der Waals surface area contributed by atoms with Gasteiger partial charge in [-0.3, -0.25) is 0 Å². The summed E-state index contributed by atoms with van der Waals surface area (Å²) in [4.78, 5) is 3.69. The molecule has 0 spiro atoms. The van der Waals surface area contributed by atoms with Gasteiger partial charge in [-0.1, -0.05) is 19.8 Å². The summed E-state index contributed by atoms with van der Waals surface area (Å²) >= 11 is 0. The Morgan fingerprint density at radius 1 is 1.28 bits per heavy atom. The van der Waals surface area contributed by atoms with Gasteiger partial charge in [-0.05, 0) is 24.7 Å². The Kier molecular flexibility index (Phi) is 3.99. The van der Waals surface area contributed by atoms with Crippen LogP contribution in [0.1, 0.15) is 32.6 Å². The Labute approximate surface area is 106 Å². The zero-order valence-electron chi connectivity index (χ0n) is 10.5. The van der Waals surface area contributed by atoms with Crippen LogP contribution in [-0.2, 0) is 0 Å². The molecule has 1 fully saturated rings. The SMILES string of the molecule is CC1CCC(CNc2nc(N)c(F)cc2F)CC1. The molecule has 1 saturated carbocycles. The largest absolute Gasteiger partial charge is 0.381 e. The Morgan fingerprint density at radius 2 is 1.94 bits per heavy atom. The standard InChI is InChI=1S/C13H19F2N3/c1-8-2-4-9(5-3-8)7-17-13-11(15)6-10(14)12(16)18-13/h6,8-9H,2-5,7H2,1H3,(H3,16,17,18). The maximum Gasteiger partial charge on any atom is 0.168 e. The molecule has 100 valence electrons. The molecule has 0 radical (unpaired) electrons. The molecule has 0 amide bonds. The second kappa shape index (κ2) is 5.50. The molecule has 2 rings (SSSR count). The molecule has 1 aromatic heterocycles. The molecule has 5 heteroatoms. The summed E-state index contributed by atoms with van der Waals surface area (Å²) in [6.45, 7) is 2.92. The summed E-state index contributed by atoms with van der Waals surface area (Å²) in [6, 6.07) is 0.771. The van der Waals surface area contributed by atoms with E-state index in [0.717, 1.165) is 24.8 Å². The number of nitrogens with two attached hydrogens (primary N) is 1. The minimum Gasteiger partial charge on any atom is -0.381 e. The lowest BCUT2D eigenvalue weighted by atomic mass is 9.83. The van der Waals surface area contributed by atoms with Gasteiger partial charge in [-0.25, -0.2) is 13.8 Å². The third-order valence-electron chi connectivity index (χ3n) is 3.65. The van der Waals surface area contributed by atoms with Gasteiger partial charge < -0.3 is 11.1 Å². The van der Waals surface area contributed by atoms with Gasteiger partial charge in [0, 0.05) is 12.6 Å². The predicted molar refractivity (Wildman–Crippen MR) is 68.2 cm³/mol. The maximum atomic E-state index is 13.4. The van der Waals surface area contributed by atoms with E-state index in [-0.39, 0.29) is 11.6 Å². The van der Waals surface area contributed by atoms with Crippen molar-refractivity contribution < 1.29 is 8.78 Å². The van der Waals surface area contributed by atoms with Crippen molar-refractivity contribution >= 4 is 11.6 Å². The molecule has 0 bridgehead atoms. The molecule has 0 aliphatic heterocycles. The molecule has 1 aromatic rings. The lowest BCUT2D eigenvalue weighted by Gasteiger charge is -2.26. The fourth-order valence-electron chi connectivity index (χ4n) is 2.38. The summed E-state index contributed by atoms with van der Waals surface area (Å²) in [5.74, 6) is -0.398. The molecule has 0 saturated heterocycles. The highest BCUT2D eigenvalue weighted by atomic mass is 19.1. The van der Waals surface area contributed by atoms with Crippen molar-refractivity contribution in [2.45, 2.75) is 32.6 Å². The fourth-order valence-corrected chi connectivity index (χ4v) is 2.38. The topological polar surface area (TPSA) is 50.9 Å². The smallest absolute Gasteiger partial charge is 0.168 e. The fraction of sp³-hybridized carbons (Fsp3) is 0.615. The van der Waals surface area contributed by atoms with Crippen LogP contribution in [0, 0.1) is 23.5 Å². The van der Waals surface area contributed by atoms with Crippen molar-refractivity contribution in [3.63, 3.8) is 0 Å². The minimum absolute atomic E-state index is 0.0486. The van der Waals surface area contributed by atoms with Crippen LogP contribution in [0.5, 0.6) is 0 Å². The quantitative estimate of drug-likeness (QED) is 0.872. The van der Waals surface area contributed by atoms with E-state index >= 15 is 0 Å². The summed E-state index contributed by atoms with van der Waals surface area (Å²) in [7, 11) is 0. The average Bonchev–Trinajstić information content (AvgIpc) is 2.34. The van der Waals surface area contributed by atoms with E-state index in [1.807, 2.05) is 0 Å². The second-order valence-electron chi connectivity index (χ2n) is 5.19. The van der Waals surface area contributed by atoms with Crippen LogP contribution in [-0.4, -0.2) is 11.5 Å². The van der Waals surface area contributed by atoms with Crippen molar-refractivity contribution in [1.29, 1.82) is 0 Å². The molecule has 1 aliphatic carbocycles. The zero-order chi connectivity index (χ0) is 13.1. The van der Waals surface area contributed by atoms with E-state index < -0.39 is 11.6 Å². The molecule has 3 N–H and O–H groups in total. The predicted octanol–water partition coefficient (Wildman–Crippen LogP) is 3.18. The molecule has 0 atom stereocenters. The van der Waals surface area contributed by atoms with Crippen molar-refractivity contribution in [2.24, 2.45) is 11.8 Å². The van der Waals surface area contributed by atoms with Crippen molar-refractivity contribution in [2.75, 3.05) is 17.6 Å². The normalized spacial score (nSPS) is 23.9. The van der Waals surface area contributed by atoms with Crippen LogP contribution in [0.25, 0.3) is 0 Å². The number of nitrogens with zero attached hydrogens (tertiary/aromatic N) is 1. The number of nitrogens with one attached hydrogen (secondary N) is 1. The third kappa shape index (κ3) is 3.09. The minimum atomic E-state index is -0.815. The number of aromatic nitrogens is 1. The van der Waals surface area contributed by atoms with Crippen molar-refractivity contribution in [3.8, 4) is 0 Å². The van der Waals surface area contributed by atoms with E-state index in [9.17, 15) is 8.78 Å². The summed E-state index contributed by atoms with van der Waals surface area (Å²) < 4.78 is 26.4. The van der Waals surface area contributed by atoms with Gasteiger partial charge in [0.2, 0.25) is 0 Å². The van der Waals surface area contributed by atoms with E-state index in [4.69, 9.17) is 5.73 Å².